The predicted octanol–water partition coefficient (Wildman–Crippen LogP) is 1.39. The summed E-state index contributed by atoms with van der Waals surface area (Å²) in [6.45, 7) is 0. The van der Waals surface area contributed by atoms with Gasteiger partial charge in [0.25, 0.3) is 5.91 Å². The van der Waals surface area contributed by atoms with Crippen LogP contribution in [0.3, 0.4) is 0 Å². The van der Waals surface area contributed by atoms with Crippen molar-refractivity contribution in [3.05, 3.63) is 55.6 Å². The number of hydrogen-bond acceptors (Lipinski definition) is 8. The van der Waals surface area contributed by atoms with E-state index in [1.54, 1.807) is 0 Å². The molecule has 2 aromatic rings. The number of aromatic carboxylic acids is 1. The Morgan fingerprint density at radius 2 is 1.33 bits per heavy atom. The van der Waals surface area contributed by atoms with Crippen LogP contribution in [-0.4, -0.2) is 33.9 Å². The standard InChI is InChI=1S/C15H13N5O7/c1-18-14(21)8-4-2-6(12(10(8)16)19(24)25)7-3-5-9(15(22)23)11(17)13(7)20(26)27/h2-5H,16-17H2,1H3,(H,18,21)(H,22,23). The molecule has 0 fully saturated rings. The van der Waals surface area contributed by atoms with Gasteiger partial charge in [-0.25, -0.2) is 4.79 Å². The first-order valence-electron chi connectivity index (χ1n) is 7.21. The second-order valence-electron chi connectivity index (χ2n) is 5.24. The van der Waals surface area contributed by atoms with E-state index in [4.69, 9.17) is 16.6 Å². The molecule has 0 saturated heterocycles. The van der Waals surface area contributed by atoms with Crippen LogP contribution in [0.4, 0.5) is 22.7 Å². The average Bonchev–Trinajstić information content (AvgIpc) is 2.59. The number of nitrogens with two attached hydrogens (primary N) is 2. The zero-order valence-corrected chi connectivity index (χ0v) is 13.8. The van der Waals surface area contributed by atoms with E-state index >= 15 is 0 Å². The zero-order chi connectivity index (χ0) is 20.5. The molecule has 0 spiro atoms. The van der Waals surface area contributed by atoms with Gasteiger partial charge in [-0.1, -0.05) is 0 Å². The molecule has 0 aliphatic carbocycles. The van der Waals surface area contributed by atoms with Crippen molar-refractivity contribution in [3.8, 4) is 11.1 Å². The molecule has 27 heavy (non-hydrogen) atoms. The summed E-state index contributed by atoms with van der Waals surface area (Å²) in [6.07, 6.45) is 0. The fourth-order valence-electron chi connectivity index (χ4n) is 2.56. The molecular formula is C15H13N5O7. The number of hydrogen-bond donors (Lipinski definition) is 4. The lowest BCUT2D eigenvalue weighted by atomic mass is 9.95. The van der Waals surface area contributed by atoms with E-state index in [-0.39, 0.29) is 16.7 Å². The third-order valence-electron chi connectivity index (χ3n) is 3.79. The SMILES string of the molecule is CNC(=O)c1ccc(-c2ccc(C(=O)O)c(N)c2[N+](=O)[O-])c([N+](=O)[O-])c1N. The summed E-state index contributed by atoms with van der Waals surface area (Å²) < 4.78 is 0. The first kappa shape index (κ1) is 19.1. The number of carboxylic acid groups (broad SMARTS) is 1. The molecule has 2 rings (SSSR count). The Morgan fingerprint density at radius 3 is 1.70 bits per heavy atom. The third-order valence-corrected chi connectivity index (χ3v) is 3.79. The number of rotatable bonds is 5. The molecule has 2 aromatic carbocycles. The number of anilines is 2. The molecule has 6 N–H and O–H groups in total. The second-order valence-corrected chi connectivity index (χ2v) is 5.24. The molecule has 12 heteroatoms. The third kappa shape index (κ3) is 3.18. The number of nitro benzene ring substituents is 2. The van der Waals surface area contributed by atoms with Crippen LogP contribution in [0.2, 0.25) is 0 Å². The molecule has 1 amide bonds. The number of amides is 1. The largest absolute Gasteiger partial charge is 0.478 e. The molecule has 0 aliphatic heterocycles. The number of carbonyl (C=O) groups is 2. The van der Waals surface area contributed by atoms with Gasteiger partial charge in [0.1, 0.15) is 11.4 Å². The van der Waals surface area contributed by atoms with Gasteiger partial charge in [0, 0.05) is 7.05 Å². The van der Waals surface area contributed by atoms with Crippen LogP contribution >= 0.6 is 0 Å². The molecule has 0 saturated carbocycles. The highest BCUT2D eigenvalue weighted by atomic mass is 16.6. The van der Waals surface area contributed by atoms with Crippen molar-refractivity contribution in [3.63, 3.8) is 0 Å². The molecule has 140 valence electrons. The maximum Gasteiger partial charge on any atom is 0.338 e. The van der Waals surface area contributed by atoms with Crippen molar-refractivity contribution in [2.75, 3.05) is 18.5 Å². The Hall–Kier alpha value is -4.22. The summed E-state index contributed by atoms with van der Waals surface area (Å²) in [5, 5.41) is 34.3. The van der Waals surface area contributed by atoms with Crippen molar-refractivity contribution in [1.29, 1.82) is 0 Å². The van der Waals surface area contributed by atoms with E-state index in [1.807, 2.05) is 0 Å². The smallest absolute Gasteiger partial charge is 0.338 e. The quantitative estimate of drug-likeness (QED) is 0.338. The van der Waals surface area contributed by atoms with E-state index in [0.29, 0.717) is 0 Å². The average molecular weight is 375 g/mol. The topological polar surface area (TPSA) is 205 Å². The van der Waals surface area contributed by atoms with Gasteiger partial charge in [0.2, 0.25) is 0 Å². The molecule has 0 aliphatic rings. The van der Waals surface area contributed by atoms with Gasteiger partial charge in [-0.2, -0.15) is 0 Å². The van der Waals surface area contributed by atoms with Crippen molar-refractivity contribution < 1.29 is 24.5 Å². The number of carboxylic acids is 1. The molecule has 0 unspecified atom stereocenters. The van der Waals surface area contributed by atoms with Crippen LogP contribution in [0.1, 0.15) is 20.7 Å². The fraction of sp³-hybridized carbons (Fsp3) is 0.0667. The van der Waals surface area contributed by atoms with Crippen LogP contribution in [0.15, 0.2) is 24.3 Å². The highest BCUT2D eigenvalue weighted by Crippen LogP contribution is 2.43. The molecular weight excluding hydrogens is 362 g/mol. The number of carbonyl (C=O) groups excluding carboxylic acids is 1. The molecule has 12 nitrogen and oxygen atoms in total. The van der Waals surface area contributed by atoms with Crippen molar-refractivity contribution in [1.82, 2.24) is 5.32 Å². The predicted molar refractivity (Wildman–Crippen MR) is 94.4 cm³/mol. The molecule has 0 atom stereocenters. The molecule has 0 heterocycles. The van der Waals surface area contributed by atoms with Crippen LogP contribution in [0.25, 0.3) is 11.1 Å². The minimum Gasteiger partial charge on any atom is -0.478 e. The molecule has 0 radical (unpaired) electrons. The first-order valence-corrected chi connectivity index (χ1v) is 7.21. The summed E-state index contributed by atoms with van der Waals surface area (Å²) in [4.78, 5) is 44.1. The maximum absolute atomic E-state index is 11.8. The van der Waals surface area contributed by atoms with E-state index in [0.717, 1.165) is 18.2 Å². The minimum atomic E-state index is -1.49. The fourth-order valence-corrected chi connectivity index (χ4v) is 2.56. The van der Waals surface area contributed by atoms with Crippen LogP contribution < -0.4 is 16.8 Å². The number of nitrogen functional groups attached to an aromatic ring is 2. The van der Waals surface area contributed by atoms with Crippen LogP contribution in [0, 0.1) is 20.2 Å². The number of benzene rings is 2. The minimum absolute atomic E-state index is 0.189. The van der Waals surface area contributed by atoms with Gasteiger partial charge in [-0.05, 0) is 24.3 Å². The van der Waals surface area contributed by atoms with Gasteiger partial charge < -0.3 is 21.9 Å². The Labute approximate surface area is 150 Å². The lowest BCUT2D eigenvalue weighted by Crippen LogP contribution is -2.20. The lowest BCUT2D eigenvalue weighted by molar-refractivity contribution is -0.385. The van der Waals surface area contributed by atoms with Gasteiger partial charge in [-0.3, -0.25) is 25.0 Å². The Balaban J connectivity index is 2.90. The van der Waals surface area contributed by atoms with E-state index in [2.05, 4.69) is 5.32 Å². The Bertz CT molecular complexity index is 1000. The lowest BCUT2D eigenvalue weighted by Gasteiger charge is -2.11. The summed E-state index contributed by atoms with van der Waals surface area (Å²) in [7, 11) is 1.30. The summed E-state index contributed by atoms with van der Waals surface area (Å²) >= 11 is 0. The van der Waals surface area contributed by atoms with Crippen molar-refractivity contribution >= 4 is 34.6 Å². The number of nitro groups is 2. The van der Waals surface area contributed by atoms with Gasteiger partial charge in [0.15, 0.2) is 0 Å². The first-order chi connectivity index (χ1) is 12.6. The van der Waals surface area contributed by atoms with Gasteiger partial charge in [-0.15, -0.1) is 0 Å². The van der Waals surface area contributed by atoms with E-state index in [9.17, 15) is 29.8 Å². The summed E-state index contributed by atoms with van der Waals surface area (Å²) in [5.74, 6) is -2.18. The summed E-state index contributed by atoms with van der Waals surface area (Å²) in [6, 6.07) is 4.30. The van der Waals surface area contributed by atoms with Crippen LogP contribution in [0.5, 0.6) is 0 Å². The normalized spacial score (nSPS) is 10.3. The second kappa shape index (κ2) is 6.95. The van der Waals surface area contributed by atoms with Crippen molar-refractivity contribution in [2.45, 2.75) is 0 Å². The Kier molecular flexibility index (Phi) is 4.92. The van der Waals surface area contributed by atoms with Gasteiger partial charge >= 0.3 is 17.3 Å². The monoisotopic (exact) mass is 375 g/mol. The summed E-state index contributed by atoms with van der Waals surface area (Å²) in [5.41, 5.74) is 7.35. The van der Waals surface area contributed by atoms with Crippen molar-refractivity contribution in [2.24, 2.45) is 0 Å². The molecule has 0 aromatic heterocycles. The molecule has 0 bridgehead atoms. The van der Waals surface area contributed by atoms with Crippen LogP contribution in [-0.2, 0) is 0 Å². The number of nitrogens with zero attached hydrogens (tertiary/aromatic N) is 2. The Morgan fingerprint density at radius 1 is 0.926 bits per heavy atom. The van der Waals surface area contributed by atoms with E-state index < -0.39 is 50.0 Å². The van der Waals surface area contributed by atoms with E-state index in [1.165, 1.54) is 13.1 Å². The number of nitrogens with one attached hydrogen (secondary N) is 1. The zero-order valence-electron chi connectivity index (χ0n) is 13.8. The van der Waals surface area contributed by atoms with Gasteiger partial charge in [0.05, 0.1) is 32.1 Å². The highest BCUT2D eigenvalue weighted by molar-refractivity contribution is 6.05. The maximum atomic E-state index is 11.8. The highest BCUT2D eigenvalue weighted by Gasteiger charge is 2.31.